The van der Waals surface area contributed by atoms with E-state index in [-0.39, 0.29) is 0 Å². The smallest absolute Gasteiger partial charge is 0.212 e. The van der Waals surface area contributed by atoms with Crippen LogP contribution >= 0.6 is 0 Å². The summed E-state index contributed by atoms with van der Waals surface area (Å²) in [5, 5.41) is 3.36. The van der Waals surface area contributed by atoms with Crippen LogP contribution in [-0.2, 0) is 0 Å². The van der Waals surface area contributed by atoms with E-state index in [2.05, 4.69) is 21.4 Å². The van der Waals surface area contributed by atoms with E-state index in [4.69, 9.17) is 0 Å². The van der Waals surface area contributed by atoms with Crippen molar-refractivity contribution >= 4 is 11.6 Å². The van der Waals surface area contributed by atoms with E-state index in [1.807, 2.05) is 67.9 Å². The maximum Gasteiger partial charge on any atom is 0.212 e. The lowest BCUT2D eigenvalue weighted by atomic mass is 10.2. The Morgan fingerprint density at radius 3 is 2.33 bits per heavy atom. The third-order valence-electron chi connectivity index (χ3n) is 3.31. The highest BCUT2D eigenvalue weighted by atomic mass is 15.2. The Kier molecular flexibility index (Phi) is 3.44. The fourth-order valence-corrected chi connectivity index (χ4v) is 2.35. The normalized spacial score (nSPS) is 10.6. The van der Waals surface area contributed by atoms with Crippen LogP contribution in [0.2, 0.25) is 0 Å². The van der Waals surface area contributed by atoms with Crippen molar-refractivity contribution in [1.29, 1.82) is 0 Å². The van der Waals surface area contributed by atoms with Gasteiger partial charge in [0.2, 0.25) is 5.95 Å². The highest BCUT2D eigenvalue weighted by molar-refractivity contribution is 5.57. The molecule has 4 nitrogen and oxygen atoms in total. The number of nitrogens with one attached hydrogen (secondary N) is 1. The number of hydrogen-bond donors (Lipinski definition) is 1. The summed E-state index contributed by atoms with van der Waals surface area (Å²) in [7, 11) is 0. The minimum absolute atomic E-state index is 0.799. The molecule has 3 rings (SSSR count). The first-order valence-corrected chi connectivity index (χ1v) is 6.96. The lowest BCUT2D eigenvalue weighted by molar-refractivity contribution is 0.997. The molecular formula is C17H18N4. The van der Waals surface area contributed by atoms with E-state index in [9.17, 15) is 0 Å². The molecule has 0 spiro atoms. The van der Waals surface area contributed by atoms with Gasteiger partial charge in [-0.2, -0.15) is 0 Å². The predicted octanol–water partition coefficient (Wildman–Crippen LogP) is 3.94. The fraction of sp³-hybridized carbons (Fsp3) is 0.176. The number of pyridine rings is 1. The Morgan fingerprint density at radius 1 is 0.857 bits per heavy atom. The highest BCUT2D eigenvalue weighted by Crippen LogP contribution is 2.22. The van der Waals surface area contributed by atoms with E-state index >= 15 is 0 Å². The van der Waals surface area contributed by atoms with Gasteiger partial charge in [-0.05, 0) is 45.0 Å². The van der Waals surface area contributed by atoms with Crippen LogP contribution in [0.3, 0.4) is 0 Å². The summed E-state index contributed by atoms with van der Waals surface area (Å²) >= 11 is 0. The van der Waals surface area contributed by atoms with Gasteiger partial charge in [0.1, 0.15) is 0 Å². The number of anilines is 2. The number of aryl methyl sites for hydroxylation is 3. The Labute approximate surface area is 124 Å². The van der Waals surface area contributed by atoms with Gasteiger partial charge in [0.05, 0.1) is 17.1 Å². The van der Waals surface area contributed by atoms with Gasteiger partial charge in [0, 0.05) is 17.6 Å². The van der Waals surface area contributed by atoms with Gasteiger partial charge in [-0.3, -0.25) is 9.55 Å². The topological polar surface area (TPSA) is 42.7 Å². The van der Waals surface area contributed by atoms with E-state index in [0.29, 0.717) is 0 Å². The second-order valence-electron chi connectivity index (χ2n) is 5.12. The van der Waals surface area contributed by atoms with Crippen LogP contribution < -0.4 is 5.32 Å². The second kappa shape index (κ2) is 5.40. The average molecular weight is 278 g/mol. The van der Waals surface area contributed by atoms with E-state index in [1.54, 1.807) is 0 Å². The molecule has 0 aliphatic heterocycles. The summed E-state index contributed by atoms with van der Waals surface area (Å²) in [4.78, 5) is 9.10. The average Bonchev–Trinajstić information content (AvgIpc) is 2.80. The van der Waals surface area contributed by atoms with Crippen molar-refractivity contribution in [2.24, 2.45) is 0 Å². The van der Waals surface area contributed by atoms with Gasteiger partial charge in [0.15, 0.2) is 0 Å². The number of benzene rings is 1. The molecule has 4 heteroatoms. The molecule has 0 amide bonds. The second-order valence-corrected chi connectivity index (χ2v) is 5.12. The molecule has 0 unspecified atom stereocenters. The largest absolute Gasteiger partial charge is 0.325 e. The summed E-state index contributed by atoms with van der Waals surface area (Å²) < 4.78 is 2.05. The molecule has 106 valence electrons. The maximum atomic E-state index is 4.57. The molecule has 2 heterocycles. The first-order valence-electron chi connectivity index (χ1n) is 6.96. The zero-order valence-electron chi connectivity index (χ0n) is 12.5. The summed E-state index contributed by atoms with van der Waals surface area (Å²) in [6.07, 6.45) is 2.02. The van der Waals surface area contributed by atoms with E-state index in [0.717, 1.165) is 34.4 Å². The molecule has 0 radical (unpaired) electrons. The van der Waals surface area contributed by atoms with Gasteiger partial charge < -0.3 is 5.32 Å². The molecule has 0 saturated carbocycles. The third-order valence-corrected chi connectivity index (χ3v) is 3.31. The third kappa shape index (κ3) is 2.79. The van der Waals surface area contributed by atoms with Crippen molar-refractivity contribution in [1.82, 2.24) is 14.5 Å². The van der Waals surface area contributed by atoms with Crippen LogP contribution in [0.25, 0.3) is 5.69 Å². The Balaban J connectivity index is 2.03. The molecule has 21 heavy (non-hydrogen) atoms. The zero-order chi connectivity index (χ0) is 14.8. The van der Waals surface area contributed by atoms with E-state index in [1.165, 1.54) is 0 Å². The lowest BCUT2D eigenvalue weighted by Crippen LogP contribution is -2.04. The summed E-state index contributed by atoms with van der Waals surface area (Å²) in [5.41, 5.74) is 5.03. The van der Waals surface area contributed by atoms with Crippen molar-refractivity contribution in [3.8, 4) is 5.69 Å². The molecule has 1 N–H and O–H groups in total. The zero-order valence-corrected chi connectivity index (χ0v) is 12.5. The molecule has 0 aliphatic rings. The van der Waals surface area contributed by atoms with Crippen LogP contribution in [0.1, 0.15) is 17.1 Å². The summed E-state index contributed by atoms with van der Waals surface area (Å²) in [5.74, 6) is 0.799. The van der Waals surface area contributed by atoms with Crippen molar-refractivity contribution in [2.75, 3.05) is 5.32 Å². The highest BCUT2D eigenvalue weighted by Gasteiger charge is 2.10. The van der Waals surface area contributed by atoms with Crippen LogP contribution in [0.5, 0.6) is 0 Å². The first kappa shape index (κ1) is 13.4. The Morgan fingerprint density at radius 2 is 1.62 bits per heavy atom. The summed E-state index contributed by atoms with van der Waals surface area (Å²) in [6, 6.07) is 14.1. The maximum absolute atomic E-state index is 4.57. The van der Waals surface area contributed by atoms with Crippen molar-refractivity contribution in [3.63, 3.8) is 0 Å². The van der Waals surface area contributed by atoms with Gasteiger partial charge >= 0.3 is 0 Å². The van der Waals surface area contributed by atoms with Gasteiger partial charge in [0.25, 0.3) is 0 Å². The monoisotopic (exact) mass is 278 g/mol. The molecule has 0 fully saturated rings. The molecule has 0 aliphatic carbocycles. The SMILES string of the molecule is Cc1ccc(-n2cc(C)nc2Nc2ccccc2)c(C)n1. The van der Waals surface area contributed by atoms with Crippen molar-refractivity contribution in [3.05, 3.63) is 65.7 Å². The lowest BCUT2D eigenvalue weighted by Gasteiger charge is -2.12. The molecule has 3 aromatic rings. The quantitative estimate of drug-likeness (QED) is 0.789. The molecule has 0 bridgehead atoms. The Hall–Kier alpha value is -2.62. The van der Waals surface area contributed by atoms with Gasteiger partial charge in [-0.25, -0.2) is 4.98 Å². The van der Waals surface area contributed by atoms with E-state index < -0.39 is 0 Å². The number of hydrogen-bond acceptors (Lipinski definition) is 3. The fourth-order valence-electron chi connectivity index (χ4n) is 2.35. The van der Waals surface area contributed by atoms with Gasteiger partial charge in [-0.1, -0.05) is 18.2 Å². The molecule has 0 atom stereocenters. The number of rotatable bonds is 3. The molecule has 1 aromatic carbocycles. The predicted molar refractivity (Wildman–Crippen MR) is 85.3 cm³/mol. The molecular weight excluding hydrogens is 260 g/mol. The number of imidazole rings is 1. The van der Waals surface area contributed by atoms with Crippen LogP contribution in [-0.4, -0.2) is 14.5 Å². The number of aromatic nitrogens is 3. The Bertz CT molecular complexity index is 760. The number of nitrogens with zero attached hydrogens (tertiary/aromatic N) is 3. The van der Waals surface area contributed by atoms with Gasteiger partial charge in [-0.15, -0.1) is 0 Å². The van der Waals surface area contributed by atoms with Crippen LogP contribution in [0.4, 0.5) is 11.6 Å². The molecule has 0 saturated heterocycles. The molecule has 2 aromatic heterocycles. The number of para-hydroxylation sites is 1. The van der Waals surface area contributed by atoms with Crippen LogP contribution in [0, 0.1) is 20.8 Å². The minimum atomic E-state index is 0.799. The van der Waals surface area contributed by atoms with Crippen LogP contribution in [0.15, 0.2) is 48.7 Å². The first-order chi connectivity index (χ1) is 10.1. The minimum Gasteiger partial charge on any atom is -0.325 e. The van der Waals surface area contributed by atoms with Crippen molar-refractivity contribution < 1.29 is 0 Å². The summed E-state index contributed by atoms with van der Waals surface area (Å²) in [6.45, 7) is 6.01. The van der Waals surface area contributed by atoms with Crippen molar-refractivity contribution in [2.45, 2.75) is 20.8 Å². The standard InChI is InChI=1S/C17H18N4/c1-12-9-10-16(14(3)18-12)21-11-13(2)19-17(21)20-15-7-5-4-6-8-15/h4-11H,1-3H3,(H,19,20).